The van der Waals surface area contributed by atoms with Crippen molar-refractivity contribution in [2.24, 2.45) is 5.41 Å². The number of aliphatic hydroxyl groups is 1. The molecule has 0 aliphatic heterocycles. The van der Waals surface area contributed by atoms with Crippen LogP contribution in [0.2, 0.25) is 19.1 Å². The summed E-state index contributed by atoms with van der Waals surface area (Å²) < 4.78 is 10.8. The van der Waals surface area contributed by atoms with Crippen molar-refractivity contribution in [2.45, 2.75) is 38.9 Å². The average Bonchev–Trinajstić information content (AvgIpc) is 2.27. The number of methoxy groups -OCH3 is 1. The predicted molar refractivity (Wildman–Crippen MR) is 70.8 cm³/mol. The zero-order valence-electron chi connectivity index (χ0n) is 11.3. The molecule has 3 nitrogen and oxygen atoms in total. The highest BCUT2D eigenvalue weighted by Crippen LogP contribution is 2.22. The zero-order chi connectivity index (χ0) is 12.4. The molecule has 0 rings (SSSR count). The first-order valence-electron chi connectivity index (χ1n) is 6.27. The molecule has 0 aromatic carbocycles. The lowest BCUT2D eigenvalue weighted by molar-refractivity contribution is -0.0414. The minimum Gasteiger partial charge on any atom is -0.396 e. The summed E-state index contributed by atoms with van der Waals surface area (Å²) in [6.45, 7) is 8.91. The van der Waals surface area contributed by atoms with Crippen LogP contribution in [-0.4, -0.2) is 47.4 Å². The van der Waals surface area contributed by atoms with Gasteiger partial charge >= 0.3 is 0 Å². The van der Waals surface area contributed by atoms with E-state index in [-0.39, 0.29) is 12.0 Å². The molecule has 0 spiro atoms. The molecular weight excluding hydrogens is 220 g/mol. The van der Waals surface area contributed by atoms with Gasteiger partial charge in [0, 0.05) is 27.9 Å². The summed E-state index contributed by atoms with van der Waals surface area (Å²) in [5, 5.41) is 9.40. The summed E-state index contributed by atoms with van der Waals surface area (Å²) in [4.78, 5) is 0. The Morgan fingerprint density at radius 2 is 1.94 bits per heavy atom. The van der Waals surface area contributed by atoms with E-state index in [4.69, 9.17) is 9.47 Å². The number of ether oxygens (including phenoxy) is 2. The zero-order valence-corrected chi connectivity index (χ0v) is 12.4. The van der Waals surface area contributed by atoms with Crippen LogP contribution in [0.1, 0.15) is 19.8 Å². The van der Waals surface area contributed by atoms with Crippen molar-refractivity contribution < 1.29 is 14.6 Å². The molecule has 98 valence electrons. The van der Waals surface area contributed by atoms with Crippen LogP contribution in [0.4, 0.5) is 0 Å². The molecule has 0 aliphatic rings. The maximum atomic E-state index is 9.40. The Balaban J connectivity index is 3.75. The molecule has 0 bridgehead atoms. The Hall–Kier alpha value is 0.0969. The first kappa shape index (κ1) is 16.1. The standard InChI is InChI=1S/C12H28O3Si/c1-5-12(9-13,10-14-2)11-15-7-6-8-16(3)4/h13,16H,5-11H2,1-4H3. The van der Waals surface area contributed by atoms with Crippen molar-refractivity contribution in [2.75, 3.05) is 33.5 Å². The van der Waals surface area contributed by atoms with Crippen LogP contribution in [0.25, 0.3) is 0 Å². The third kappa shape index (κ3) is 6.63. The molecular formula is C12H28O3Si. The Labute approximate surface area is 102 Å². The van der Waals surface area contributed by atoms with Gasteiger partial charge in [-0.1, -0.05) is 26.1 Å². The number of hydrogen-bond donors (Lipinski definition) is 1. The van der Waals surface area contributed by atoms with E-state index in [0.717, 1.165) is 19.4 Å². The summed E-state index contributed by atoms with van der Waals surface area (Å²) in [6, 6.07) is 1.34. The molecule has 0 saturated carbocycles. The van der Waals surface area contributed by atoms with Crippen LogP contribution in [0, 0.1) is 5.41 Å². The van der Waals surface area contributed by atoms with Crippen molar-refractivity contribution in [3.05, 3.63) is 0 Å². The number of aliphatic hydroxyl groups excluding tert-OH is 1. The van der Waals surface area contributed by atoms with Crippen LogP contribution in [0.3, 0.4) is 0 Å². The van der Waals surface area contributed by atoms with Gasteiger partial charge in [-0.3, -0.25) is 0 Å². The van der Waals surface area contributed by atoms with Crippen LogP contribution < -0.4 is 0 Å². The maximum absolute atomic E-state index is 9.40. The van der Waals surface area contributed by atoms with Gasteiger partial charge in [-0.15, -0.1) is 0 Å². The highest BCUT2D eigenvalue weighted by molar-refractivity contribution is 6.55. The molecule has 1 atom stereocenters. The third-order valence-corrected chi connectivity index (χ3v) is 4.58. The van der Waals surface area contributed by atoms with Gasteiger partial charge < -0.3 is 14.6 Å². The second kappa shape index (κ2) is 9.16. The van der Waals surface area contributed by atoms with E-state index < -0.39 is 8.80 Å². The molecule has 4 heteroatoms. The van der Waals surface area contributed by atoms with Gasteiger partial charge in [-0.25, -0.2) is 0 Å². The van der Waals surface area contributed by atoms with Gasteiger partial charge in [-0.2, -0.15) is 0 Å². The van der Waals surface area contributed by atoms with Gasteiger partial charge in [0.05, 0.1) is 19.8 Å². The van der Waals surface area contributed by atoms with E-state index in [9.17, 15) is 5.11 Å². The van der Waals surface area contributed by atoms with Gasteiger partial charge in [0.15, 0.2) is 0 Å². The van der Waals surface area contributed by atoms with Crippen molar-refractivity contribution in [1.29, 1.82) is 0 Å². The quantitative estimate of drug-likeness (QED) is 0.474. The lowest BCUT2D eigenvalue weighted by Gasteiger charge is -2.29. The van der Waals surface area contributed by atoms with Gasteiger partial charge in [0.1, 0.15) is 0 Å². The molecule has 0 aliphatic carbocycles. The molecule has 1 N–H and O–H groups in total. The lowest BCUT2D eigenvalue weighted by atomic mass is 9.88. The summed E-state index contributed by atoms with van der Waals surface area (Å²) in [7, 11) is 1.23. The number of rotatable bonds is 10. The molecule has 0 fully saturated rings. The molecule has 0 heterocycles. The Bertz CT molecular complexity index is 158. The summed E-state index contributed by atoms with van der Waals surface area (Å²) in [5.74, 6) is 0. The Morgan fingerprint density at radius 3 is 2.38 bits per heavy atom. The van der Waals surface area contributed by atoms with Crippen LogP contribution in [-0.2, 0) is 9.47 Å². The average molecular weight is 248 g/mol. The van der Waals surface area contributed by atoms with E-state index in [2.05, 4.69) is 20.0 Å². The predicted octanol–water partition coefficient (Wildman–Crippen LogP) is 1.91. The van der Waals surface area contributed by atoms with Crippen LogP contribution in [0.5, 0.6) is 0 Å². The van der Waals surface area contributed by atoms with E-state index in [0.29, 0.717) is 13.2 Å². The normalized spacial score (nSPS) is 15.4. The molecule has 0 saturated heterocycles. The van der Waals surface area contributed by atoms with Gasteiger partial charge in [0.25, 0.3) is 0 Å². The van der Waals surface area contributed by atoms with Crippen molar-refractivity contribution in [3.63, 3.8) is 0 Å². The van der Waals surface area contributed by atoms with Crippen molar-refractivity contribution in [1.82, 2.24) is 0 Å². The second-order valence-corrected chi connectivity index (χ2v) is 8.40. The minimum atomic E-state index is -0.437. The molecule has 0 amide bonds. The van der Waals surface area contributed by atoms with Crippen LogP contribution >= 0.6 is 0 Å². The highest BCUT2D eigenvalue weighted by atomic mass is 28.3. The largest absolute Gasteiger partial charge is 0.396 e. The fourth-order valence-electron chi connectivity index (χ4n) is 1.64. The van der Waals surface area contributed by atoms with Crippen molar-refractivity contribution >= 4 is 8.80 Å². The molecule has 16 heavy (non-hydrogen) atoms. The smallest absolute Gasteiger partial charge is 0.0566 e. The maximum Gasteiger partial charge on any atom is 0.0566 e. The SMILES string of the molecule is CCC(CO)(COC)COCCC[SiH](C)C. The molecule has 1 unspecified atom stereocenters. The van der Waals surface area contributed by atoms with Gasteiger partial charge in [0.2, 0.25) is 0 Å². The fourth-order valence-corrected chi connectivity index (χ4v) is 2.62. The third-order valence-electron chi connectivity index (χ3n) is 3.01. The first-order chi connectivity index (χ1) is 7.60. The summed E-state index contributed by atoms with van der Waals surface area (Å²) >= 11 is 0. The monoisotopic (exact) mass is 248 g/mol. The molecule has 0 aromatic rings. The summed E-state index contributed by atoms with van der Waals surface area (Å²) in [5.41, 5.74) is -0.204. The first-order valence-corrected chi connectivity index (χ1v) is 9.40. The highest BCUT2D eigenvalue weighted by Gasteiger charge is 2.27. The van der Waals surface area contributed by atoms with Gasteiger partial charge in [-0.05, 0) is 12.8 Å². The summed E-state index contributed by atoms with van der Waals surface area (Å²) in [6.07, 6.45) is 2.04. The topological polar surface area (TPSA) is 38.7 Å². The molecule has 0 radical (unpaired) electrons. The Kier molecular flexibility index (Phi) is 9.22. The van der Waals surface area contributed by atoms with E-state index in [1.807, 2.05) is 0 Å². The minimum absolute atomic E-state index is 0.135. The van der Waals surface area contributed by atoms with E-state index in [1.165, 1.54) is 6.04 Å². The second-order valence-electron chi connectivity index (χ2n) is 5.03. The number of hydrogen-bond acceptors (Lipinski definition) is 3. The Morgan fingerprint density at radius 1 is 1.25 bits per heavy atom. The fraction of sp³-hybridized carbons (Fsp3) is 1.00. The van der Waals surface area contributed by atoms with Crippen LogP contribution in [0.15, 0.2) is 0 Å². The van der Waals surface area contributed by atoms with E-state index >= 15 is 0 Å². The lowest BCUT2D eigenvalue weighted by Crippen LogP contribution is -2.35. The molecule has 0 aromatic heterocycles. The van der Waals surface area contributed by atoms with E-state index in [1.54, 1.807) is 7.11 Å². The van der Waals surface area contributed by atoms with Crippen molar-refractivity contribution in [3.8, 4) is 0 Å².